The van der Waals surface area contributed by atoms with Crippen molar-refractivity contribution in [3.8, 4) is 11.3 Å². The zero-order valence-electron chi connectivity index (χ0n) is 12.9. The summed E-state index contributed by atoms with van der Waals surface area (Å²) in [6, 6.07) is 5.57. The Hall–Kier alpha value is -2.71. The van der Waals surface area contributed by atoms with Gasteiger partial charge in [-0.1, -0.05) is 0 Å². The second kappa shape index (κ2) is 6.06. The standard InChI is InChI=1S/C16H15N5O2S/c1-21(7-10-4-5-17-20-10)8-13-18-15(22)14-11(9-24-16(14)19-13)12-3-2-6-23-12/h2-6,9H,7-8H2,1H3,(H,17,20)(H,18,19,22). The van der Waals surface area contributed by atoms with Crippen LogP contribution in [0, 0.1) is 0 Å². The van der Waals surface area contributed by atoms with Gasteiger partial charge in [0.15, 0.2) is 0 Å². The molecule has 0 saturated heterocycles. The Balaban J connectivity index is 1.63. The Kier molecular flexibility index (Phi) is 3.75. The van der Waals surface area contributed by atoms with E-state index in [0.717, 1.165) is 16.1 Å². The van der Waals surface area contributed by atoms with E-state index >= 15 is 0 Å². The second-order valence-electron chi connectivity index (χ2n) is 5.57. The van der Waals surface area contributed by atoms with Crippen molar-refractivity contribution < 1.29 is 4.42 Å². The van der Waals surface area contributed by atoms with Crippen molar-refractivity contribution in [2.24, 2.45) is 0 Å². The predicted molar refractivity (Wildman–Crippen MR) is 91.7 cm³/mol. The lowest BCUT2D eigenvalue weighted by Gasteiger charge is -2.14. The van der Waals surface area contributed by atoms with E-state index in [-0.39, 0.29) is 5.56 Å². The lowest BCUT2D eigenvalue weighted by Crippen LogP contribution is -2.21. The molecular weight excluding hydrogens is 326 g/mol. The third-order valence-electron chi connectivity index (χ3n) is 3.70. The Morgan fingerprint density at radius 1 is 1.33 bits per heavy atom. The summed E-state index contributed by atoms with van der Waals surface area (Å²) in [5, 5.41) is 9.34. The molecule has 0 unspecified atom stereocenters. The number of nitrogens with zero attached hydrogens (tertiary/aromatic N) is 3. The monoisotopic (exact) mass is 341 g/mol. The average molecular weight is 341 g/mol. The van der Waals surface area contributed by atoms with E-state index in [2.05, 4.69) is 25.1 Å². The number of H-pyrrole nitrogens is 2. The summed E-state index contributed by atoms with van der Waals surface area (Å²) < 4.78 is 5.40. The number of aromatic amines is 2. The lowest BCUT2D eigenvalue weighted by molar-refractivity contribution is 0.307. The van der Waals surface area contributed by atoms with Crippen molar-refractivity contribution in [3.05, 3.63) is 57.9 Å². The van der Waals surface area contributed by atoms with Crippen LogP contribution in [0.25, 0.3) is 21.5 Å². The SMILES string of the molecule is CN(Cc1ccn[nH]1)Cc1nc2scc(-c3ccco3)c2c(=O)[nH]1. The van der Waals surface area contributed by atoms with Crippen LogP contribution in [0.1, 0.15) is 11.5 Å². The first-order valence-corrected chi connectivity index (χ1v) is 8.30. The summed E-state index contributed by atoms with van der Waals surface area (Å²) in [4.78, 5) is 22.8. The molecule has 0 aromatic carbocycles. The minimum Gasteiger partial charge on any atom is -0.464 e. The average Bonchev–Trinajstić information content (AvgIpc) is 3.27. The summed E-state index contributed by atoms with van der Waals surface area (Å²) in [5.74, 6) is 1.32. The minimum absolute atomic E-state index is 0.141. The number of hydrogen-bond donors (Lipinski definition) is 2. The Morgan fingerprint density at radius 3 is 3.00 bits per heavy atom. The van der Waals surface area contributed by atoms with Crippen LogP contribution in [0.15, 0.2) is 45.3 Å². The zero-order chi connectivity index (χ0) is 16.5. The normalized spacial score (nSPS) is 11.6. The van der Waals surface area contributed by atoms with Gasteiger partial charge in [0.2, 0.25) is 0 Å². The first kappa shape index (κ1) is 14.9. The fraction of sp³-hybridized carbons (Fsp3) is 0.188. The first-order valence-electron chi connectivity index (χ1n) is 7.42. The molecule has 122 valence electrons. The molecule has 0 atom stereocenters. The summed E-state index contributed by atoms with van der Waals surface area (Å²) >= 11 is 1.45. The van der Waals surface area contributed by atoms with Crippen molar-refractivity contribution in [2.75, 3.05) is 7.05 Å². The van der Waals surface area contributed by atoms with E-state index in [1.807, 2.05) is 24.6 Å². The van der Waals surface area contributed by atoms with E-state index in [4.69, 9.17) is 4.42 Å². The molecule has 0 amide bonds. The summed E-state index contributed by atoms with van der Waals surface area (Å²) in [5.41, 5.74) is 1.65. The maximum atomic E-state index is 12.5. The van der Waals surface area contributed by atoms with Gasteiger partial charge in [-0.3, -0.25) is 14.8 Å². The molecule has 4 aromatic heterocycles. The molecule has 4 heterocycles. The molecule has 0 bridgehead atoms. The Labute approximate surface area is 141 Å². The molecule has 8 heteroatoms. The molecule has 0 spiro atoms. The van der Waals surface area contributed by atoms with E-state index in [9.17, 15) is 4.79 Å². The van der Waals surface area contributed by atoms with Crippen molar-refractivity contribution >= 4 is 21.6 Å². The third kappa shape index (κ3) is 2.77. The number of thiophene rings is 1. The lowest BCUT2D eigenvalue weighted by atomic mass is 10.2. The molecule has 24 heavy (non-hydrogen) atoms. The van der Waals surface area contributed by atoms with Gasteiger partial charge in [-0.25, -0.2) is 4.98 Å². The van der Waals surface area contributed by atoms with Gasteiger partial charge in [-0.2, -0.15) is 5.10 Å². The summed E-state index contributed by atoms with van der Waals surface area (Å²) in [6.07, 6.45) is 3.32. The number of aromatic nitrogens is 4. The highest BCUT2D eigenvalue weighted by molar-refractivity contribution is 7.17. The van der Waals surface area contributed by atoms with Crippen LogP contribution >= 0.6 is 11.3 Å². The van der Waals surface area contributed by atoms with Crippen LogP contribution in [0.3, 0.4) is 0 Å². The van der Waals surface area contributed by atoms with Crippen LogP contribution in [0.5, 0.6) is 0 Å². The topological polar surface area (TPSA) is 90.8 Å². The van der Waals surface area contributed by atoms with E-state index in [1.54, 1.807) is 18.5 Å². The fourth-order valence-corrected chi connectivity index (χ4v) is 3.60. The van der Waals surface area contributed by atoms with Gasteiger partial charge in [-0.15, -0.1) is 11.3 Å². The molecule has 0 aliphatic rings. The zero-order valence-corrected chi connectivity index (χ0v) is 13.8. The Bertz CT molecular complexity index is 1000. The van der Waals surface area contributed by atoms with Crippen LogP contribution in [-0.4, -0.2) is 32.1 Å². The number of nitrogens with one attached hydrogen (secondary N) is 2. The van der Waals surface area contributed by atoms with Crippen LogP contribution < -0.4 is 5.56 Å². The number of furan rings is 1. The van der Waals surface area contributed by atoms with Crippen LogP contribution in [0.4, 0.5) is 0 Å². The van der Waals surface area contributed by atoms with E-state index < -0.39 is 0 Å². The molecule has 0 saturated carbocycles. The van der Waals surface area contributed by atoms with Crippen molar-refractivity contribution in [1.82, 2.24) is 25.1 Å². The van der Waals surface area contributed by atoms with Gasteiger partial charge in [-0.05, 0) is 25.2 Å². The minimum atomic E-state index is -0.141. The molecule has 0 radical (unpaired) electrons. The molecular formula is C16H15N5O2S. The fourth-order valence-electron chi connectivity index (χ4n) is 2.66. The van der Waals surface area contributed by atoms with Gasteiger partial charge in [0, 0.05) is 29.4 Å². The quantitative estimate of drug-likeness (QED) is 0.582. The molecule has 0 aliphatic heterocycles. The van der Waals surface area contributed by atoms with E-state index in [1.165, 1.54) is 11.3 Å². The summed E-state index contributed by atoms with van der Waals surface area (Å²) in [6.45, 7) is 1.24. The van der Waals surface area contributed by atoms with Gasteiger partial charge in [0.1, 0.15) is 16.4 Å². The molecule has 7 nitrogen and oxygen atoms in total. The van der Waals surface area contributed by atoms with Crippen molar-refractivity contribution in [2.45, 2.75) is 13.1 Å². The van der Waals surface area contributed by atoms with Crippen LogP contribution in [0.2, 0.25) is 0 Å². The molecule has 2 N–H and O–H groups in total. The highest BCUT2D eigenvalue weighted by Crippen LogP contribution is 2.30. The van der Waals surface area contributed by atoms with Crippen LogP contribution in [-0.2, 0) is 13.1 Å². The van der Waals surface area contributed by atoms with E-state index in [0.29, 0.717) is 30.1 Å². The largest absolute Gasteiger partial charge is 0.464 e. The van der Waals surface area contributed by atoms with Gasteiger partial charge >= 0.3 is 0 Å². The molecule has 0 fully saturated rings. The Morgan fingerprint density at radius 2 is 2.25 bits per heavy atom. The number of fused-ring (bicyclic) bond motifs is 1. The first-order chi connectivity index (χ1) is 11.7. The molecule has 4 rings (SSSR count). The van der Waals surface area contributed by atoms with Crippen molar-refractivity contribution in [1.29, 1.82) is 0 Å². The second-order valence-corrected chi connectivity index (χ2v) is 6.43. The smallest absolute Gasteiger partial charge is 0.260 e. The van der Waals surface area contributed by atoms with Gasteiger partial charge in [0.25, 0.3) is 5.56 Å². The van der Waals surface area contributed by atoms with Gasteiger partial charge in [0.05, 0.1) is 18.2 Å². The van der Waals surface area contributed by atoms with Gasteiger partial charge < -0.3 is 9.40 Å². The predicted octanol–water partition coefficient (Wildman–Crippen LogP) is 2.60. The summed E-state index contributed by atoms with van der Waals surface area (Å²) in [7, 11) is 1.97. The highest BCUT2D eigenvalue weighted by atomic mass is 32.1. The maximum absolute atomic E-state index is 12.5. The highest BCUT2D eigenvalue weighted by Gasteiger charge is 2.15. The maximum Gasteiger partial charge on any atom is 0.260 e. The molecule has 4 aromatic rings. The van der Waals surface area contributed by atoms with Crippen molar-refractivity contribution in [3.63, 3.8) is 0 Å². The third-order valence-corrected chi connectivity index (χ3v) is 4.57. The molecule has 0 aliphatic carbocycles. The number of rotatable bonds is 5. The number of hydrogen-bond acceptors (Lipinski definition) is 6.